The van der Waals surface area contributed by atoms with Gasteiger partial charge in [0, 0.05) is 17.1 Å². The van der Waals surface area contributed by atoms with Crippen LogP contribution in [0.3, 0.4) is 0 Å². The van der Waals surface area contributed by atoms with Crippen LogP contribution in [0.5, 0.6) is 0 Å². The third-order valence-corrected chi connectivity index (χ3v) is 3.72. The summed E-state index contributed by atoms with van der Waals surface area (Å²) in [6.45, 7) is 0.827. The molecule has 3 rings (SSSR count). The molecule has 2 aromatic carbocycles. The Morgan fingerprint density at radius 2 is 2.00 bits per heavy atom. The van der Waals surface area contributed by atoms with Crippen LogP contribution in [0.2, 0.25) is 5.02 Å². The van der Waals surface area contributed by atoms with Gasteiger partial charge in [-0.15, -0.1) is 0 Å². The van der Waals surface area contributed by atoms with Crippen LogP contribution in [0.15, 0.2) is 48.5 Å². The summed E-state index contributed by atoms with van der Waals surface area (Å²) in [6.07, 6.45) is 0.968. The predicted molar refractivity (Wildman–Crippen MR) is 76.7 cm³/mol. The van der Waals surface area contributed by atoms with Gasteiger partial charge >= 0.3 is 0 Å². The minimum absolute atomic E-state index is 0.0784. The van der Waals surface area contributed by atoms with Crippen molar-refractivity contribution in [2.75, 3.05) is 6.54 Å². The second-order valence-electron chi connectivity index (χ2n) is 4.71. The Bertz CT molecular complexity index is 624. The van der Waals surface area contributed by atoms with Gasteiger partial charge in [-0.1, -0.05) is 48.0 Å². The number of carbonyl (C=O) groups is 1. The van der Waals surface area contributed by atoms with E-state index in [0.717, 1.165) is 18.5 Å². The molecule has 1 unspecified atom stereocenters. The third-order valence-electron chi connectivity index (χ3n) is 3.48. The van der Waals surface area contributed by atoms with E-state index in [1.807, 2.05) is 30.3 Å². The van der Waals surface area contributed by atoms with E-state index in [4.69, 9.17) is 11.6 Å². The molecule has 0 aromatic heterocycles. The van der Waals surface area contributed by atoms with Crippen LogP contribution in [0.4, 0.5) is 0 Å². The van der Waals surface area contributed by atoms with Crippen molar-refractivity contribution >= 4 is 17.4 Å². The number of halogens is 1. The van der Waals surface area contributed by atoms with E-state index >= 15 is 0 Å². The topological polar surface area (TPSA) is 29.1 Å². The molecule has 1 heterocycles. The van der Waals surface area contributed by atoms with E-state index in [1.54, 1.807) is 12.1 Å². The van der Waals surface area contributed by atoms with Crippen molar-refractivity contribution in [1.82, 2.24) is 5.32 Å². The van der Waals surface area contributed by atoms with Gasteiger partial charge in [0.15, 0.2) is 5.78 Å². The molecule has 0 fully saturated rings. The Morgan fingerprint density at radius 3 is 2.84 bits per heavy atom. The molecular formula is C16H14ClNO. The van der Waals surface area contributed by atoms with Crippen LogP contribution in [0.25, 0.3) is 0 Å². The van der Waals surface area contributed by atoms with Crippen LogP contribution in [0, 0.1) is 0 Å². The molecule has 3 heteroatoms. The summed E-state index contributed by atoms with van der Waals surface area (Å²) in [6, 6.07) is 15.0. The molecule has 0 spiro atoms. The second kappa shape index (κ2) is 5.16. The summed E-state index contributed by atoms with van der Waals surface area (Å²) in [4.78, 5) is 12.6. The zero-order chi connectivity index (χ0) is 13.2. The number of Topliss-reactive ketones (excluding diaryl/α,β-unsaturated/α-hetero) is 1. The maximum Gasteiger partial charge on any atom is 0.184 e. The Labute approximate surface area is 117 Å². The maximum atomic E-state index is 12.6. The number of carbonyl (C=O) groups excluding carboxylic acids is 1. The molecule has 96 valence electrons. The summed E-state index contributed by atoms with van der Waals surface area (Å²) in [5.74, 6) is 0.0784. The maximum absolute atomic E-state index is 12.6. The van der Waals surface area contributed by atoms with Gasteiger partial charge in [0.2, 0.25) is 0 Å². The third kappa shape index (κ3) is 2.42. The first kappa shape index (κ1) is 12.4. The smallest absolute Gasteiger partial charge is 0.184 e. The lowest BCUT2D eigenvalue weighted by Crippen LogP contribution is -2.35. The molecule has 1 aliphatic heterocycles. The van der Waals surface area contributed by atoms with Gasteiger partial charge in [-0.25, -0.2) is 0 Å². The fraction of sp³-hybridized carbons (Fsp3) is 0.188. The number of ketones is 1. The number of benzene rings is 2. The van der Waals surface area contributed by atoms with E-state index < -0.39 is 0 Å². The number of hydrogen-bond donors (Lipinski definition) is 1. The van der Waals surface area contributed by atoms with Gasteiger partial charge in [-0.2, -0.15) is 0 Å². The second-order valence-corrected chi connectivity index (χ2v) is 5.15. The van der Waals surface area contributed by atoms with E-state index in [1.165, 1.54) is 5.56 Å². The van der Waals surface area contributed by atoms with Crippen molar-refractivity contribution in [2.24, 2.45) is 0 Å². The van der Waals surface area contributed by atoms with Gasteiger partial charge in [0.1, 0.15) is 0 Å². The Hall–Kier alpha value is -1.64. The molecule has 0 saturated heterocycles. The quantitative estimate of drug-likeness (QED) is 0.848. The van der Waals surface area contributed by atoms with Crippen LogP contribution in [-0.2, 0) is 6.42 Å². The Kier molecular flexibility index (Phi) is 3.36. The molecule has 1 N–H and O–H groups in total. The van der Waals surface area contributed by atoms with Crippen LogP contribution in [-0.4, -0.2) is 12.3 Å². The van der Waals surface area contributed by atoms with Crippen molar-refractivity contribution in [2.45, 2.75) is 12.5 Å². The van der Waals surface area contributed by atoms with E-state index in [-0.39, 0.29) is 11.8 Å². The minimum atomic E-state index is -0.261. The highest BCUT2D eigenvalue weighted by atomic mass is 35.5. The highest BCUT2D eigenvalue weighted by molar-refractivity contribution is 6.31. The van der Waals surface area contributed by atoms with Gasteiger partial charge in [0.05, 0.1) is 6.04 Å². The highest BCUT2D eigenvalue weighted by Crippen LogP contribution is 2.26. The summed E-state index contributed by atoms with van der Waals surface area (Å²) >= 11 is 5.96. The minimum Gasteiger partial charge on any atom is -0.303 e. The zero-order valence-electron chi connectivity index (χ0n) is 10.4. The van der Waals surface area contributed by atoms with Crippen LogP contribution >= 0.6 is 11.6 Å². The number of rotatable bonds is 2. The molecule has 2 aromatic rings. The molecule has 0 amide bonds. The molecule has 0 bridgehead atoms. The van der Waals surface area contributed by atoms with Crippen LogP contribution in [0.1, 0.15) is 27.5 Å². The monoisotopic (exact) mass is 271 g/mol. The Morgan fingerprint density at radius 1 is 1.16 bits per heavy atom. The SMILES string of the molecule is O=C(c1cccc(Cl)c1)C1NCCc2ccccc21. The lowest BCUT2D eigenvalue weighted by Gasteiger charge is -2.25. The first-order valence-corrected chi connectivity index (χ1v) is 6.74. The van der Waals surface area contributed by atoms with Crippen molar-refractivity contribution < 1.29 is 4.79 Å². The first-order chi connectivity index (χ1) is 9.25. The largest absolute Gasteiger partial charge is 0.303 e. The molecule has 0 saturated carbocycles. The molecular weight excluding hydrogens is 258 g/mol. The summed E-state index contributed by atoms with van der Waals surface area (Å²) in [5.41, 5.74) is 2.99. The lowest BCUT2D eigenvalue weighted by atomic mass is 9.89. The van der Waals surface area contributed by atoms with Crippen molar-refractivity contribution in [1.29, 1.82) is 0 Å². The van der Waals surface area contributed by atoms with Crippen molar-refractivity contribution in [3.8, 4) is 0 Å². The van der Waals surface area contributed by atoms with Crippen LogP contribution < -0.4 is 5.32 Å². The van der Waals surface area contributed by atoms with E-state index in [9.17, 15) is 4.79 Å². The number of fused-ring (bicyclic) bond motifs is 1. The average molecular weight is 272 g/mol. The Balaban J connectivity index is 1.98. The first-order valence-electron chi connectivity index (χ1n) is 6.36. The van der Waals surface area contributed by atoms with Crippen molar-refractivity contribution in [3.63, 3.8) is 0 Å². The lowest BCUT2D eigenvalue weighted by molar-refractivity contribution is 0.0939. The van der Waals surface area contributed by atoms with Gasteiger partial charge in [0.25, 0.3) is 0 Å². The van der Waals surface area contributed by atoms with E-state index in [0.29, 0.717) is 10.6 Å². The van der Waals surface area contributed by atoms with Gasteiger partial charge < -0.3 is 5.32 Å². The molecule has 1 atom stereocenters. The molecule has 0 radical (unpaired) electrons. The molecule has 2 nitrogen and oxygen atoms in total. The van der Waals surface area contributed by atoms with Gasteiger partial charge in [-0.3, -0.25) is 4.79 Å². The molecule has 0 aliphatic carbocycles. The number of nitrogens with one attached hydrogen (secondary N) is 1. The fourth-order valence-corrected chi connectivity index (χ4v) is 2.74. The predicted octanol–water partition coefficient (Wildman–Crippen LogP) is 3.41. The standard InChI is InChI=1S/C16H14ClNO/c17-13-6-3-5-12(10-13)16(19)15-14-7-2-1-4-11(14)8-9-18-15/h1-7,10,15,18H,8-9H2. The molecule has 19 heavy (non-hydrogen) atoms. The summed E-state index contributed by atoms with van der Waals surface area (Å²) < 4.78 is 0. The number of hydrogen-bond acceptors (Lipinski definition) is 2. The normalized spacial score (nSPS) is 17.8. The van der Waals surface area contributed by atoms with Gasteiger partial charge in [-0.05, 0) is 29.7 Å². The van der Waals surface area contributed by atoms with Crippen molar-refractivity contribution in [3.05, 3.63) is 70.2 Å². The zero-order valence-corrected chi connectivity index (χ0v) is 11.2. The summed E-state index contributed by atoms with van der Waals surface area (Å²) in [7, 11) is 0. The summed E-state index contributed by atoms with van der Waals surface area (Å²) in [5, 5.41) is 3.89. The highest BCUT2D eigenvalue weighted by Gasteiger charge is 2.26. The average Bonchev–Trinajstić information content (AvgIpc) is 2.46. The molecule has 1 aliphatic rings. The fourth-order valence-electron chi connectivity index (χ4n) is 2.55. The van der Waals surface area contributed by atoms with E-state index in [2.05, 4.69) is 11.4 Å².